The van der Waals surface area contributed by atoms with Gasteiger partial charge >= 0.3 is 5.97 Å². The normalized spacial score (nSPS) is 12.9. The summed E-state index contributed by atoms with van der Waals surface area (Å²) in [5.41, 5.74) is 0.918. The highest BCUT2D eigenvalue weighted by Crippen LogP contribution is 2.28. The van der Waals surface area contributed by atoms with Crippen molar-refractivity contribution in [3.8, 4) is 0 Å². The summed E-state index contributed by atoms with van der Waals surface area (Å²) in [5, 5.41) is 2.40. The zero-order valence-electron chi connectivity index (χ0n) is 14.4. The molecule has 0 aliphatic heterocycles. The van der Waals surface area contributed by atoms with Crippen molar-refractivity contribution in [2.24, 2.45) is 5.92 Å². The molecular weight excluding hydrogens is 321 g/mol. The summed E-state index contributed by atoms with van der Waals surface area (Å²) >= 11 is 0. The fourth-order valence-corrected chi connectivity index (χ4v) is 2.57. The summed E-state index contributed by atoms with van der Waals surface area (Å²) in [5.74, 6) is -1.93. The molecule has 0 bridgehead atoms. The Hall–Kier alpha value is -2.69. The molecule has 0 aromatic heterocycles. The van der Waals surface area contributed by atoms with E-state index in [0.717, 1.165) is 12.0 Å². The molecule has 1 N–H and O–H groups in total. The number of halogens is 1. The van der Waals surface area contributed by atoms with E-state index < -0.39 is 30.2 Å². The quantitative estimate of drug-likeness (QED) is 0.769. The molecule has 0 spiro atoms. The van der Waals surface area contributed by atoms with E-state index in [9.17, 15) is 14.0 Å². The van der Waals surface area contributed by atoms with Gasteiger partial charge in [0.15, 0.2) is 6.61 Å². The van der Waals surface area contributed by atoms with E-state index in [1.165, 1.54) is 18.2 Å². The molecule has 1 amide bonds. The molecule has 2 atom stereocenters. The van der Waals surface area contributed by atoms with Crippen molar-refractivity contribution in [1.82, 2.24) is 0 Å². The number of anilines is 1. The van der Waals surface area contributed by atoms with Crippen LogP contribution in [0.1, 0.15) is 31.7 Å². The SMILES string of the molecule is CC[C@@H](C)[C@H](C(=O)OCC(=O)Nc1ccccc1F)c1ccccc1. The third kappa shape index (κ3) is 5.14. The van der Waals surface area contributed by atoms with Crippen molar-refractivity contribution in [1.29, 1.82) is 0 Å². The number of para-hydroxylation sites is 1. The van der Waals surface area contributed by atoms with Gasteiger partial charge in [-0.15, -0.1) is 0 Å². The topological polar surface area (TPSA) is 55.4 Å². The predicted molar refractivity (Wildman–Crippen MR) is 94.6 cm³/mol. The zero-order chi connectivity index (χ0) is 18.2. The maximum atomic E-state index is 13.5. The molecule has 0 saturated carbocycles. The van der Waals surface area contributed by atoms with E-state index in [0.29, 0.717) is 0 Å². The van der Waals surface area contributed by atoms with Crippen LogP contribution in [0.2, 0.25) is 0 Å². The van der Waals surface area contributed by atoms with Crippen LogP contribution >= 0.6 is 0 Å². The minimum absolute atomic E-state index is 0.0603. The Kier molecular flexibility index (Phi) is 6.69. The summed E-state index contributed by atoms with van der Waals surface area (Å²) in [6.45, 7) is 3.52. The first kappa shape index (κ1) is 18.6. The van der Waals surface area contributed by atoms with E-state index >= 15 is 0 Å². The van der Waals surface area contributed by atoms with Crippen LogP contribution in [0.25, 0.3) is 0 Å². The monoisotopic (exact) mass is 343 g/mol. The lowest BCUT2D eigenvalue weighted by molar-refractivity contribution is -0.150. The van der Waals surface area contributed by atoms with Gasteiger partial charge in [-0.05, 0) is 23.6 Å². The molecular formula is C20H22FNO3. The van der Waals surface area contributed by atoms with Crippen molar-refractivity contribution >= 4 is 17.6 Å². The van der Waals surface area contributed by atoms with Crippen LogP contribution in [0.4, 0.5) is 10.1 Å². The third-order valence-corrected chi connectivity index (χ3v) is 4.12. The Morgan fingerprint density at radius 1 is 1.08 bits per heavy atom. The van der Waals surface area contributed by atoms with Gasteiger partial charge in [0.2, 0.25) is 0 Å². The smallest absolute Gasteiger partial charge is 0.314 e. The Morgan fingerprint density at radius 3 is 2.36 bits per heavy atom. The minimum atomic E-state index is -0.575. The lowest BCUT2D eigenvalue weighted by atomic mass is 9.86. The lowest BCUT2D eigenvalue weighted by Crippen LogP contribution is -2.27. The maximum Gasteiger partial charge on any atom is 0.314 e. The second-order valence-corrected chi connectivity index (χ2v) is 5.91. The van der Waals surface area contributed by atoms with Crippen molar-refractivity contribution in [3.63, 3.8) is 0 Å². The highest BCUT2D eigenvalue weighted by atomic mass is 19.1. The van der Waals surface area contributed by atoms with E-state index in [2.05, 4.69) is 5.32 Å². The summed E-state index contributed by atoms with van der Waals surface area (Å²) in [6, 6.07) is 15.2. The van der Waals surface area contributed by atoms with Crippen LogP contribution < -0.4 is 5.32 Å². The summed E-state index contributed by atoms with van der Waals surface area (Å²) in [7, 11) is 0. The van der Waals surface area contributed by atoms with Gasteiger partial charge in [0.05, 0.1) is 11.6 Å². The fourth-order valence-electron chi connectivity index (χ4n) is 2.57. The summed E-state index contributed by atoms with van der Waals surface area (Å²) in [4.78, 5) is 24.4. The molecule has 25 heavy (non-hydrogen) atoms. The fraction of sp³-hybridized carbons (Fsp3) is 0.300. The molecule has 2 aromatic rings. The third-order valence-electron chi connectivity index (χ3n) is 4.12. The number of ether oxygens (including phenoxy) is 1. The first-order valence-corrected chi connectivity index (χ1v) is 8.29. The van der Waals surface area contributed by atoms with Gasteiger partial charge in [0, 0.05) is 0 Å². The van der Waals surface area contributed by atoms with Crippen LogP contribution in [0.3, 0.4) is 0 Å². The molecule has 4 nitrogen and oxygen atoms in total. The average Bonchev–Trinajstić information content (AvgIpc) is 2.63. The van der Waals surface area contributed by atoms with Gasteiger partial charge in [0.1, 0.15) is 5.82 Å². The molecule has 0 unspecified atom stereocenters. The number of nitrogens with one attached hydrogen (secondary N) is 1. The highest BCUT2D eigenvalue weighted by Gasteiger charge is 2.27. The van der Waals surface area contributed by atoms with E-state index in [-0.39, 0.29) is 11.6 Å². The van der Waals surface area contributed by atoms with Gasteiger partial charge in [-0.2, -0.15) is 0 Å². The molecule has 0 fully saturated rings. The highest BCUT2D eigenvalue weighted by molar-refractivity contribution is 5.93. The number of carbonyl (C=O) groups is 2. The standard InChI is InChI=1S/C20H22FNO3/c1-3-14(2)19(15-9-5-4-6-10-15)20(24)25-13-18(23)22-17-12-8-7-11-16(17)21/h4-12,14,19H,3,13H2,1-2H3,(H,22,23)/t14-,19+/m1/s1. The zero-order valence-corrected chi connectivity index (χ0v) is 14.4. The second-order valence-electron chi connectivity index (χ2n) is 5.91. The Bertz CT molecular complexity index is 718. The Balaban J connectivity index is 1.99. The van der Waals surface area contributed by atoms with Gasteiger partial charge in [0.25, 0.3) is 5.91 Å². The number of hydrogen-bond donors (Lipinski definition) is 1. The molecule has 0 aliphatic carbocycles. The Labute approximate surface area is 147 Å². The van der Waals surface area contributed by atoms with E-state index in [1.54, 1.807) is 6.07 Å². The molecule has 0 aliphatic rings. The average molecular weight is 343 g/mol. The number of amides is 1. The van der Waals surface area contributed by atoms with Gasteiger partial charge in [-0.1, -0.05) is 62.7 Å². The minimum Gasteiger partial charge on any atom is -0.455 e. The van der Waals surface area contributed by atoms with Crippen LogP contribution in [-0.2, 0) is 14.3 Å². The van der Waals surface area contributed by atoms with Crippen molar-refractivity contribution in [2.75, 3.05) is 11.9 Å². The van der Waals surface area contributed by atoms with Crippen LogP contribution in [0.15, 0.2) is 54.6 Å². The number of benzene rings is 2. The van der Waals surface area contributed by atoms with Gasteiger partial charge in [-0.25, -0.2) is 4.39 Å². The first-order valence-electron chi connectivity index (χ1n) is 8.29. The molecule has 5 heteroatoms. The van der Waals surface area contributed by atoms with Crippen LogP contribution in [-0.4, -0.2) is 18.5 Å². The summed E-state index contributed by atoms with van der Waals surface area (Å²) < 4.78 is 18.7. The molecule has 2 aromatic carbocycles. The Morgan fingerprint density at radius 2 is 1.72 bits per heavy atom. The molecule has 132 valence electrons. The number of rotatable bonds is 7. The molecule has 0 saturated heterocycles. The molecule has 0 heterocycles. The number of carbonyl (C=O) groups excluding carboxylic acids is 2. The first-order chi connectivity index (χ1) is 12.0. The van der Waals surface area contributed by atoms with Crippen LogP contribution in [0, 0.1) is 11.7 Å². The van der Waals surface area contributed by atoms with E-state index in [4.69, 9.17) is 4.74 Å². The summed E-state index contributed by atoms with van der Waals surface area (Å²) in [6.07, 6.45) is 0.802. The molecule has 2 rings (SSSR count). The van der Waals surface area contributed by atoms with Gasteiger partial charge in [-0.3, -0.25) is 9.59 Å². The lowest BCUT2D eigenvalue weighted by Gasteiger charge is -2.21. The second kappa shape index (κ2) is 8.97. The number of hydrogen-bond acceptors (Lipinski definition) is 3. The van der Waals surface area contributed by atoms with Crippen molar-refractivity contribution in [3.05, 3.63) is 66.0 Å². The van der Waals surface area contributed by atoms with E-state index in [1.807, 2.05) is 44.2 Å². The van der Waals surface area contributed by atoms with Crippen molar-refractivity contribution < 1.29 is 18.7 Å². The predicted octanol–water partition coefficient (Wildman–Crippen LogP) is 4.14. The van der Waals surface area contributed by atoms with Crippen LogP contribution in [0.5, 0.6) is 0 Å². The largest absolute Gasteiger partial charge is 0.455 e. The van der Waals surface area contributed by atoms with Gasteiger partial charge < -0.3 is 10.1 Å². The number of esters is 1. The maximum absolute atomic E-state index is 13.5. The van der Waals surface area contributed by atoms with Crippen molar-refractivity contribution in [2.45, 2.75) is 26.2 Å². The molecule has 0 radical (unpaired) electrons.